The van der Waals surface area contributed by atoms with Crippen molar-refractivity contribution in [2.45, 2.75) is 30.5 Å². The maximum absolute atomic E-state index is 13.0. The Morgan fingerprint density at radius 2 is 1.55 bits per heavy atom. The molecular weight excluding hydrogens is 652 g/mol. The van der Waals surface area contributed by atoms with Crippen molar-refractivity contribution >= 4 is 17.1 Å². The highest BCUT2D eigenvalue weighted by molar-refractivity contribution is 5.71. The number of hydrogen-bond donors (Lipinski definition) is 5. The first-order valence-corrected chi connectivity index (χ1v) is 17.1. The van der Waals surface area contributed by atoms with Crippen LogP contribution in [0.15, 0.2) is 90.0 Å². The summed E-state index contributed by atoms with van der Waals surface area (Å²) in [5.74, 6) is 1.73. The minimum atomic E-state index is -1.08. The van der Waals surface area contributed by atoms with E-state index in [0.717, 1.165) is 16.7 Å². The molecule has 5 aromatic rings. The van der Waals surface area contributed by atoms with Gasteiger partial charge in [0.1, 0.15) is 29.4 Å². The van der Waals surface area contributed by atoms with Crippen LogP contribution in [-0.2, 0) is 15.1 Å². The second-order valence-corrected chi connectivity index (χ2v) is 12.3. The standard InChI is InChI=1S/C37H46N8O6/c1-48-28-12-8-26(9-13-28)37(25-6-4-3-5-7-25,27-10-14-29(49-2)15-11-27)50-23-31-30(46)22-32(51-31)45-24-41-33-34(45)42-36(43-35(33)47)40-18-21-44(19-16-38)20-17-39/h3-15,24,30-32,46H,16-23,38-39H2,1-2H3,(H2,40,42,43,47)/t30-,31+,32+/m0/s1. The topological polar surface area (TPSA) is 188 Å². The lowest BCUT2D eigenvalue weighted by Gasteiger charge is -2.37. The van der Waals surface area contributed by atoms with E-state index in [0.29, 0.717) is 62.4 Å². The smallest absolute Gasteiger partial charge is 0.280 e. The number of nitrogens with one attached hydrogen (secondary N) is 2. The summed E-state index contributed by atoms with van der Waals surface area (Å²) >= 11 is 0. The van der Waals surface area contributed by atoms with E-state index < -0.39 is 24.0 Å². The van der Waals surface area contributed by atoms with Crippen molar-refractivity contribution in [3.05, 3.63) is 112 Å². The third-order valence-electron chi connectivity index (χ3n) is 9.20. The number of nitrogens with zero attached hydrogens (tertiary/aromatic N) is 4. The summed E-state index contributed by atoms with van der Waals surface area (Å²) in [6.07, 6.45) is -0.456. The van der Waals surface area contributed by atoms with Crippen LogP contribution >= 0.6 is 0 Å². The normalized spacial score (nSPS) is 17.6. The van der Waals surface area contributed by atoms with Gasteiger partial charge in [-0.05, 0) is 41.0 Å². The van der Waals surface area contributed by atoms with Gasteiger partial charge in [0.25, 0.3) is 5.56 Å². The molecule has 3 heterocycles. The summed E-state index contributed by atoms with van der Waals surface area (Å²) in [6, 6.07) is 25.4. The zero-order valence-corrected chi connectivity index (χ0v) is 28.9. The molecule has 3 aromatic carbocycles. The van der Waals surface area contributed by atoms with Crippen molar-refractivity contribution < 1.29 is 24.1 Å². The number of rotatable bonds is 17. The van der Waals surface area contributed by atoms with Crippen LogP contribution in [0.25, 0.3) is 11.2 Å². The molecule has 14 heteroatoms. The maximum atomic E-state index is 13.0. The average Bonchev–Trinajstić information content (AvgIpc) is 3.76. The Hall–Kier alpha value is -4.83. The molecule has 0 saturated carbocycles. The monoisotopic (exact) mass is 698 g/mol. The van der Waals surface area contributed by atoms with Gasteiger partial charge < -0.3 is 40.8 Å². The summed E-state index contributed by atoms with van der Waals surface area (Å²) in [5, 5.41) is 14.5. The van der Waals surface area contributed by atoms with E-state index >= 15 is 0 Å². The molecular formula is C37H46N8O6. The minimum Gasteiger partial charge on any atom is -0.497 e. The molecule has 0 unspecified atom stereocenters. The second-order valence-electron chi connectivity index (χ2n) is 12.3. The molecule has 1 aliphatic rings. The maximum Gasteiger partial charge on any atom is 0.280 e. The van der Waals surface area contributed by atoms with Crippen molar-refractivity contribution in [2.24, 2.45) is 11.5 Å². The van der Waals surface area contributed by atoms with E-state index in [9.17, 15) is 9.90 Å². The third-order valence-corrected chi connectivity index (χ3v) is 9.20. The van der Waals surface area contributed by atoms with Gasteiger partial charge in [-0.15, -0.1) is 0 Å². The Morgan fingerprint density at radius 3 is 2.14 bits per heavy atom. The quantitative estimate of drug-likeness (QED) is 0.0894. The first kappa shape index (κ1) is 36.0. The number of hydrogen-bond acceptors (Lipinski definition) is 12. The molecule has 0 amide bonds. The lowest BCUT2D eigenvalue weighted by molar-refractivity contribution is -0.0931. The number of nitrogens with two attached hydrogens (primary N) is 2. The van der Waals surface area contributed by atoms with Gasteiger partial charge in [-0.25, -0.2) is 4.98 Å². The summed E-state index contributed by atoms with van der Waals surface area (Å²) < 4.78 is 26.0. The largest absolute Gasteiger partial charge is 0.497 e. The molecule has 1 saturated heterocycles. The number of methoxy groups -OCH3 is 2. The molecule has 270 valence electrons. The number of aromatic nitrogens is 4. The van der Waals surface area contributed by atoms with Gasteiger partial charge in [-0.1, -0.05) is 54.6 Å². The van der Waals surface area contributed by atoms with Crippen molar-refractivity contribution in [1.29, 1.82) is 0 Å². The van der Waals surface area contributed by atoms with E-state index in [-0.39, 0.29) is 24.1 Å². The third kappa shape index (κ3) is 7.76. The number of aliphatic hydroxyl groups excluding tert-OH is 1. The van der Waals surface area contributed by atoms with Gasteiger partial charge in [-0.2, -0.15) is 4.98 Å². The van der Waals surface area contributed by atoms with E-state index in [1.54, 1.807) is 18.8 Å². The predicted octanol–water partition coefficient (Wildman–Crippen LogP) is 2.43. The van der Waals surface area contributed by atoms with Crippen LogP contribution in [0.5, 0.6) is 11.5 Å². The molecule has 7 N–H and O–H groups in total. The van der Waals surface area contributed by atoms with Crippen molar-refractivity contribution in [3.63, 3.8) is 0 Å². The summed E-state index contributed by atoms with van der Waals surface area (Å²) in [7, 11) is 3.26. The summed E-state index contributed by atoms with van der Waals surface area (Å²) in [5.41, 5.74) is 13.1. The Morgan fingerprint density at radius 1 is 0.941 bits per heavy atom. The van der Waals surface area contributed by atoms with E-state index in [2.05, 4.69) is 25.2 Å². The number of anilines is 1. The second kappa shape index (κ2) is 16.5. The van der Waals surface area contributed by atoms with Gasteiger partial charge in [-0.3, -0.25) is 19.2 Å². The molecule has 6 rings (SSSR count). The number of imidazole rings is 1. The summed E-state index contributed by atoms with van der Waals surface area (Å²) in [6.45, 7) is 3.71. The predicted molar refractivity (Wildman–Crippen MR) is 194 cm³/mol. The molecule has 14 nitrogen and oxygen atoms in total. The number of aromatic amines is 1. The fourth-order valence-corrected chi connectivity index (χ4v) is 6.57. The fourth-order valence-electron chi connectivity index (χ4n) is 6.57. The van der Waals surface area contributed by atoms with Crippen LogP contribution in [0.1, 0.15) is 29.3 Å². The SMILES string of the molecule is COc1ccc(C(OC[C@H]2O[C@@H](n3cnc4c(=O)[nH]c(NCCN(CCN)CCN)nc43)C[C@@H]2O)(c2ccccc2)c2ccc(OC)cc2)cc1. The van der Waals surface area contributed by atoms with Gasteiger partial charge in [0.15, 0.2) is 11.2 Å². The molecule has 0 bridgehead atoms. The molecule has 2 aromatic heterocycles. The van der Waals surface area contributed by atoms with E-state index in [1.165, 1.54) is 6.33 Å². The first-order valence-electron chi connectivity index (χ1n) is 17.1. The fraction of sp³-hybridized carbons (Fsp3) is 0.378. The van der Waals surface area contributed by atoms with Gasteiger partial charge in [0.05, 0.1) is 33.3 Å². The van der Waals surface area contributed by atoms with Crippen LogP contribution < -0.4 is 31.8 Å². The molecule has 0 spiro atoms. The number of H-pyrrole nitrogens is 1. The Labute approximate surface area is 296 Å². The van der Waals surface area contributed by atoms with Crippen molar-refractivity contribution in [3.8, 4) is 11.5 Å². The lowest BCUT2D eigenvalue weighted by Crippen LogP contribution is -2.38. The zero-order valence-electron chi connectivity index (χ0n) is 28.9. The number of benzene rings is 3. The van der Waals surface area contributed by atoms with E-state index in [1.807, 2.05) is 78.9 Å². The first-order chi connectivity index (χ1) is 24.9. The van der Waals surface area contributed by atoms with Crippen molar-refractivity contribution in [1.82, 2.24) is 24.4 Å². The van der Waals surface area contributed by atoms with Crippen LogP contribution in [0.3, 0.4) is 0 Å². The van der Waals surface area contributed by atoms with E-state index in [4.69, 9.17) is 30.4 Å². The van der Waals surface area contributed by atoms with Crippen LogP contribution in [0.4, 0.5) is 5.95 Å². The zero-order chi connectivity index (χ0) is 35.8. The highest BCUT2D eigenvalue weighted by Gasteiger charge is 2.42. The molecule has 1 fully saturated rings. The molecule has 3 atom stereocenters. The highest BCUT2D eigenvalue weighted by atomic mass is 16.6. The molecule has 0 radical (unpaired) electrons. The van der Waals surface area contributed by atoms with Crippen LogP contribution in [0.2, 0.25) is 0 Å². The number of aliphatic hydroxyl groups is 1. The van der Waals surface area contributed by atoms with Crippen molar-refractivity contribution in [2.75, 3.05) is 65.4 Å². The number of ether oxygens (including phenoxy) is 4. The Balaban J connectivity index is 1.26. The molecule has 51 heavy (non-hydrogen) atoms. The molecule has 1 aliphatic heterocycles. The number of fused-ring (bicyclic) bond motifs is 1. The van der Waals surface area contributed by atoms with Gasteiger partial charge in [0.2, 0.25) is 5.95 Å². The van der Waals surface area contributed by atoms with Gasteiger partial charge in [0, 0.05) is 45.7 Å². The van der Waals surface area contributed by atoms with Gasteiger partial charge >= 0.3 is 0 Å². The minimum absolute atomic E-state index is 0.0418. The summed E-state index contributed by atoms with van der Waals surface area (Å²) in [4.78, 5) is 26.9. The van der Waals surface area contributed by atoms with Crippen LogP contribution in [0, 0.1) is 0 Å². The highest BCUT2D eigenvalue weighted by Crippen LogP contribution is 2.43. The Kier molecular flexibility index (Phi) is 11.6. The average molecular weight is 699 g/mol. The Bertz CT molecular complexity index is 1850. The molecule has 0 aliphatic carbocycles. The van der Waals surface area contributed by atoms with Crippen LogP contribution in [-0.4, -0.2) is 102 Å². The lowest BCUT2D eigenvalue weighted by atomic mass is 9.80.